The molecule has 0 radical (unpaired) electrons. The SMILES string of the molecule is CC(=O)[C@]1(O)Cc2cc3ccccc3cc2[C@@H](O[C@H]2CC[C@H](N=[N+]=[N-])[C@H](C)O2)C1. The van der Waals surface area contributed by atoms with Gasteiger partial charge >= 0.3 is 0 Å². The van der Waals surface area contributed by atoms with Crippen LogP contribution in [0, 0.1) is 0 Å². The van der Waals surface area contributed by atoms with Crippen molar-refractivity contribution in [1.82, 2.24) is 0 Å². The average Bonchev–Trinajstić information content (AvgIpc) is 2.69. The highest BCUT2D eigenvalue weighted by Gasteiger charge is 2.43. The van der Waals surface area contributed by atoms with E-state index in [1.165, 1.54) is 6.92 Å². The van der Waals surface area contributed by atoms with E-state index in [2.05, 4.69) is 16.1 Å². The molecule has 7 heteroatoms. The van der Waals surface area contributed by atoms with Gasteiger partial charge < -0.3 is 14.6 Å². The molecule has 0 bridgehead atoms. The summed E-state index contributed by atoms with van der Waals surface area (Å²) < 4.78 is 12.2. The van der Waals surface area contributed by atoms with E-state index < -0.39 is 18.0 Å². The molecule has 0 amide bonds. The van der Waals surface area contributed by atoms with E-state index in [0.29, 0.717) is 12.8 Å². The molecule has 1 aliphatic heterocycles. The van der Waals surface area contributed by atoms with Crippen molar-refractivity contribution in [3.8, 4) is 0 Å². The summed E-state index contributed by atoms with van der Waals surface area (Å²) in [6.45, 7) is 3.29. The van der Waals surface area contributed by atoms with Crippen LogP contribution in [-0.2, 0) is 20.7 Å². The van der Waals surface area contributed by atoms with Crippen LogP contribution in [0.1, 0.15) is 50.3 Å². The lowest BCUT2D eigenvalue weighted by Gasteiger charge is -2.40. The van der Waals surface area contributed by atoms with Crippen LogP contribution >= 0.6 is 0 Å². The van der Waals surface area contributed by atoms with Crippen molar-refractivity contribution in [3.05, 3.63) is 58.0 Å². The molecule has 29 heavy (non-hydrogen) atoms. The highest BCUT2D eigenvalue weighted by atomic mass is 16.7. The quantitative estimate of drug-likeness (QED) is 0.471. The average molecular weight is 395 g/mol. The number of benzene rings is 2. The number of ether oxygens (including phenoxy) is 2. The fourth-order valence-electron chi connectivity index (χ4n) is 4.39. The summed E-state index contributed by atoms with van der Waals surface area (Å²) in [7, 11) is 0. The van der Waals surface area contributed by atoms with Gasteiger partial charge in [0.25, 0.3) is 0 Å². The number of hydrogen-bond donors (Lipinski definition) is 1. The Hall–Kier alpha value is -2.44. The first kappa shape index (κ1) is 19.9. The van der Waals surface area contributed by atoms with E-state index in [0.717, 1.165) is 21.9 Å². The molecule has 7 nitrogen and oxygen atoms in total. The van der Waals surface area contributed by atoms with Crippen LogP contribution in [0.4, 0.5) is 0 Å². The number of nitrogens with zero attached hydrogens (tertiary/aromatic N) is 3. The molecule has 0 unspecified atom stereocenters. The molecule has 1 heterocycles. The number of ketones is 1. The van der Waals surface area contributed by atoms with E-state index in [4.69, 9.17) is 15.0 Å². The third kappa shape index (κ3) is 3.87. The zero-order valence-corrected chi connectivity index (χ0v) is 16.6. The van der Waals surface area contributed by atoms with Gasteiger partial charge in [-0.1, -0.05) is 35.4 Å². The van der Waals surface area contributed by atoms with Gasteiger partial charge in [0.1, 0.15) is 5.60 Å². The van der Waals surface area contributed by atoms with E-state index in [9.17, 15) is 9.90 Å². The van der Waals surface area contributed by atoms with Gasteiger partial charge in [0.15, 0.2) is 12.1 Å². The lowest BCUT2D eigenvalue weighted by Crippen LogP contribution is -2.45. The topological polar surface area (TPSA) is 105 Å². The smallest absolute Gasteiger partial charge is 0.161 e. The number of Topliss-reactive ketones (excluding diaryl/α,β-unsaturated/α-hetero) is 1. The van der Waals surface area contributed by atoms with Crippen LogP contribution in [0.15, 0.2) is 41.5 Å². The van der Waals surface area contributed by atoms with Gasteiger partial charge in [-0.25, -0.2) is 0 Å². The Morgan fingerprint density at radius 2 is 2.03 bits per heavy atom. The first-order valence-electron chi connectivity index (χ1n) is 10.00. The monoisotopic (exact) mass is 395 g/mol. The minimum atomic E-state index is -1.45. The second kappa shape index (κ2) is 7.76. The number of carbonyl (C=O) groups excluding carboxylic acids is 1. The Kier molecular flexibility index (Phi) is 5.32. The summed E-state index contributed by atoms with van der Waals surface area (Å²) >= 11 is 0. The third-order valence-corrected chi connectivity index (χ3v) is 6.14. The summed E-state index contributed by atoms with van der Waals surface area (Å²) in [6.07, 6.45) is 0.552. The van der Waals surface area contributed by atoms with Gasteiger partial charge in [-0.15, -0.1) is 0 Å². The zero-order valence-electron chi connectivity index (χ0n) is 16.6. The number of carbonyl (C=O) groups is 1. The van der Waals surface area contributed by atoms with Crippen LogP contribution in [0.2, 0.25) is 0 Å². The molecule has 4 rings (SSSR count). The largest absolute Gasteiger partial charge is 0.382 e. The van der Waals surface area contributed by atoms with Crippen molar-refractivity contribution in [2.75, 3.05) is 0 Å². The van der Waals surface area contributed by atoms with Crippen molar-refractivity contribution in [2.45, 2.75) is 69.7 Å². The molecule has 0 saturated carbocycles. The maximum absolute atomic E-state index is 12.2. The lowest BCUT2D eigenvalue weighted by atomic mass is 9.76. The molecule has 152 valence electrons. The van der Waals surface area contributed by atoms with E-state index in [1.54, 1.807) is 0 Å². The highest BCUT2D eigenvalue weighted by molar-refractivity contribution is 5.88. The maximum Gasteiger partial charge on any atom is 0.161 e. The molecule has 2 aromatic carbocycles. The van der Waals surface area contributed by atoms with E-state index in [1.807, 2.05) is 37.3 Å². The van der Waals surface area contributed by atoms with E-state index >= 15 is 0 Å². The van der Waals surface area contributed by atoms with Crippen LogP contribution < -0.4 is 0 Å². The Morgan fingerprint density at radius 1 is 1.31 bits per heavy atom. The second-order valence-corrected chi connectivity index (χ2v) is 8.11. The first-order chi connectivity index (χ1) is 13.9. The number of aliphatic hydroxyl groups is 1. The number of rotatable bonds is 4. The molecular formula is C22H25N3O4. The molecule has 1 N–H and O–H groups in total. The second-order valence-electron chi connectivity index (χ2n) is 8.11. The molecule has 1 aliphatic carbocycles. The minimum absolute atomic E-state index is 0.196. The predicted molar refractivity (Wildman–Crippen MR) is 108 cm³/mol. The van der Waals surface area contributed by atoms with Crippen molar-refractivity contribution < 1.29 is 19.4 Å². The first-order valence-corrected chi connectivity index (χ1v) is 10.00. The molecule has 5 atom stereocenters. The minimum Gasteiger partial charge on any atom is -0.382 e. The Bertz CT molecular complexity index is 987. The predicted octanol–water partition coefficient (Wildman–Crippen LogP) is 4.37. The molecule has 1 saturated heterocycles. The molecule has 0 aromatic heterocycles. The van der Waals surface area contributed by atoms with Crippen LogP contribution in [0.25, 0.3) is 21.2 Å². The summed E-state index contributed by atoms with van der Waals surface area (Å²) in [4.78, 5) is 15.1. The van der Waals surface area contributed by atoms with Gasteiger partial charge in [-0.2, -0.15) is 0 Å². The molecule has 2 aromatic rings. The zero-order chi connectivity index (χ0) is 20.6. The molecule has 1 fully saturated rings. The summed E-state index contributed by atoms with van der Waals surface area (Å²) in [5, 5.41) is 16.9. The van der Waals surface area contributed by atoms with Crippen molar-refractivity contribution in [2.24, 2.45) is 5.11 Å². The summed E-state index contributed by atoms with van der Waals surface area (Å²) in [5.41, 5.74) is 9.14. The van der Waals surface area contributed by atoms with Gasteiger partial charge in [0, 0.05) is 17.8 Å². The highest BCUT2D eigenvalue weighted by Crippen LogP contribution is 2.42. The van der Waals surface area contributed by atoms with E-state index in [-0.39, 0.29) is 30.8 Å². The summed E-state index contributed by atoms with van der Waals surface area (Å²) in [6, 6.07) is 11.9. The number of hydrogen-bond acceptors (Lipinski definition) is 5. The molecular weight excluding hydrogens is 370 g/mol. The maximum atomic E-state index is 12.2. The van der Waals surface area contributed by atoms with Crippen molar-refractivity contribution in [3.63, 3.8) is 0 Å². The van der Waals surface area contributed by atoms with Crippen LogP contribution in [-0.4, -0.2) is 34.9 Å². The van der Waals surface area contributed by atoms with Crippen molar-refractivity contribution in [1.29, 1.82) is 0 Å². The normalized spacial score (nSPS) is 31.7. The molecule has 0 spiro atoms. The van der Waals surface area contributed by atoms with Crippen molar-refractivity contribution >= 4 is 16.6 Å². The molecule has 2 aliphatic rings. The number of fused-ring (bicyclic) bond motifs is 2. The van der Waals surface area contributed by atoms with Gasteiger partial charge in [0.05, 0.1) is 18.2 Å². The fourth-order valence-corrected chi connectivity index (χ4v) is 4.39. The Morgan fingerprint density at radius 3 is 2.69 bits per heavy atom. The fraction of sp³-hybridized carbons (Fsp3) is 0.500. The van der Waals surface area contributed by atoms with Gasteiger partial charge in [0.2, 0.25) is 0 Å². The Labute approximate surface area is 169 Å². The standard InChI is InChI=1S/C22H25N3O4/c1-13-19(24-25-23)7-8-21(28-13)29-20-12-22(27,14(2)26)11-17-9-15-5-3-4-6-16(15)10-18(17)20/h3-6,9-10,13,19-21,27H,7-8,11-12H2,1-2H3/t13-,19-,20-,21-,22-/m0/s1. The van der Waals surface area contributed by atoms with Gasteiger partial charge in [-0.3, -0.25) is 4.79 Å². The van der Waals surface area contributed by atoms with Crippen LogP contribution in [0.3, 0.4) is 0 Å². The lowest BCUT2D eigenvalue weighted by molar-refractivity contribution is -0.225. The third-order valence-electron chi connectivity index (χ3n) is 6.14. The number of azide groups is 1. The Balaban J connectivity index is 1.65. The van der Waals surface area contributed by atoms with Gasteiger partial charge in [-0.05, 0) is 60.2 Å². The summed E-state index contributed by atoms with van der Waals surface area (Å²) in [5.74, 6) is -0.258. The van der Waals surface area contributed by atoms with Crippen LogP contribution in [0.5, 0.6) is 0 Å².